The Morgan fingerprint density at radius 1 is 0.692 bits per heavy atom. The summed E-state index contributed by atoms with van der Waals surface area (Å²) in [5.41, 5.74) is 9.97. The third kappa shape index (κ3) is 4.26. The first-order valence-corrected chi connectivity index (χ1v) is 20.7. The van der Waals surface area contributed by atoms with Crippen LogP contribution in [0.5, 0.6) is 0 Å². The van der Waals surface area contributed by atoms with Gasteiger partial charge in [-0.15, -0.1) is 0 Å². The van der Waals surface area contributed by atoms with Crippen LogP contribution in [0.3, 0.4) is 0 Å². The Hall–Kier alpha value is -4.14. The van der Waals surface area contributed by atoms with Gasteiger partial charge in [-0.25, -0.2) is 0 Å². The molecule has 0 saturated heterocycles. The molecule has 39 heavy (non-hydrogen) atoms. The van der Waals surface area contributed by atoms with Crippen LogP contribution in [-0.4, -0.2) is 13.3 Å². The van der Waals surface area contributed by atoms with E-state index in [9.17, 15) is 5.26 Å². The molecule has 0 spiro atoms. The molecule has 0 aliphatic carbocycles. The number of aryl methyl sites for hydroxylation is 2. The van der Waals surface area contributed by atoms with Gasteiger partial charge in [-0.1, -0.05) is 30.3 Å². The molecule has 4 aromatic carbocycles. The molecular weight excluding hydrogens is 537 g/mol. The normalized spacial score (nSPS) is 11.7. The van der Waals surface area contributed by atoms with E-state index in [1.807, 2.05) is 30.3 Å². The second kappa shape index (κ2) is 9.56. The Labute approximate surface area is 232 Å². The van der Waals surface area contributed by atoms with E-state index in [4.69, 9.17) is 4.42 Å². The molecule has 4 heteroatoms. The quantitative estimate of drug-likeness (QED) is 0.159. The van der Waals surface area contributed by atoms with Crippen LogP contribution in [0.25, 0.3) is 55.4 Å². The van der Waals surface area contributed by atoms with Gasteiger partial charge in [-0.2, -0.15) is 0 Å². The first-order valence-electron chi connectivity index (χ1n) is 13.3. The van der Waals surface area contributed by atoms with Gasteiger partial charge in [0.1, 0.15) is 0 Å². The molecule has 0 atom stereocenters. The summed E-state index contributed by atoms with van der Waals surface area (Å²) in [5, 5.41) is 12.2. The first kappa shape index (κ1) is 25.2. The minimum atomic E-state index is -2.22. The average molecular weight is 568 g/mol. The number of pyridine rings is 1. The number of hydrogen-bond donors (Lipinski definition) is 0. The predicted molar refractivity (Wildman–Crippen MR) is 164 cm³/mol. The molecule has 0 aliphatic rings. The van der Waals surface area contributed by atoms with Gasteiger partial charge in [0.2, 0.25) is 0 Å². The Kier molecular flexibility index (Phi) is 6.16. The molecule has 3 nitrogen and oxygen atoms in total. The number of hydrogen-bond acceptors (Lipinski definition) is 2. The molecule has 6 aromatic rings. The second-order valence-corrected chi connectivity index (χ2v) is 21.9. The van der Waals surface area contributed by atoms with Gasteiger partial charge in [0, 0.05) is 0 Å². The summed E-state index contributed by atoms with van der Waals surface area (Å²) in [5.74, 6) is 7.30. The number of rotatable bonds is 4. The van der Waals surface area contributed by atoms with Crippen molar-refractivity contribution in [2.75, 3.05) is 0 Å². The number of fused-ring (bicyclic) bond motifs is 3. The van der Waals surface area contributed by atoms with Crippen LogP contribution in [0.2, 0.25) is 17.3 Å². The van der Waals surface area contributed by atoms with Crippen molar-refractivity contribution in [1.82, 2.24) is 0 Å². The molecule has 0 aliphatic heterocycles. The molecule has 6 rings (SSSR count). The van der Waals surface area contributed by atoms with E-state index in [1.54, 1.807) is 0 Å². The summed E-state index contributed by atoms with van der Waals surface area (Å²) in [6, 6.07) is 34.0. The fourth-order valence-electron chi connectivity index (χ4n) is 5.66. The van der Waals surface area contributed by atoms with Crippen LogP contribution in [0, 0.1) is 18.3 Å². The van der Waals surface area contributed by atoms with Gasteiger partial charge in [0.15, 0.2) is 0 Å². The van der Waals surface area contributed by atoms with Crippen molar-refractivity contribution in [3.05, 3.63) is 108 Å². The fourth-order valence-corrected chi connectivity index (χ4v) is 9.04. The van der Waals surface area contributed by atoms with E-state index in [0.29, 0.717) is 5.56 Å². The summed E-state index contributed by atoms with van der Waals surface area (Å²) < 4.78 is 10.5. The average Bonchev–Trinajstić information content (AvgIpc) is 3.31. The van der Waals surface area contributed by atoms with E-state index in [1.165, 1.54) is 21.2 Å². The molecule has 0 N–H and O–H groups in total. The van der Waals surface area contributed by atoms with Gasteiger partial charge in [-0.3, -0.25) is 0 Å². The van der Waals surface area contributed by atoms with Crippen molar-refractivity contribution in [2.24, 2.45) is 7.05 Å². The zero-order chi connectivity index (χ0) is 27.3. The molecule has 0 radical (unpaired) electrons. The summed E-state index contributed by atoms with van der Waals surface area (Å²) in [6.45, 7) is 2.17. The van der Waals surface area contributed by atoms with Crippen LogP contribution in [0.1, 0.15) is 11.1 Å². The van der Waals surface area contributed by atoms with Gasteiger partial charge < -0.3 is 0 Å². The molecule has 2 aromatic heterocycles. The van der Waals surface area contributed by atoms with Crippen LogP contribution < -0.4 is 8.96 Å². The summed E-state index contributed by atoms with van der Waals surface area (Å²) in [4.78, 5) is 0. The van der Waals surface area contributed by atoms with Crippen LogP contribution >= 0.6 is 0 Å². The Balaban J connectivity index is 1.63. The number of aromatic nitrogens is 1. The number of nitriles is 1. The van der Waals surface area contributed by atoms with E-state index in [0.717, 1.165) is 44.2 Å². The Morgan fingerprint density at radius 3 is 1.97 bits per heavy atom. The summed E-state index contributed by atoms with van der Waals surface area (Å²) >= 11 is -2.22. The number of nitrogens with zero attached hydrogens (tertiary/aromatic N) is 2. The SMILES string of the molecule is Cc1ccc2c(oc3c(-c4ccc(-c5ccccc5)cc4)c(C#N)ccc32)c1-c1[c]([Ge]([CH3])([CH3])[CH3])ccc[n+]1C. The molecule has 0 bridgehead atoms. The molecule has 2 heterocycles. The molecule has 0 saturated carbocycles. The van der Waals surface area contributed by atoms with Gasteiger partial charge >= 0.3 is 203 Å². The van der Waals surface area contributed by atoms with E-state index in [2.05, 4.69) is 109 Å². The van der Waals surface area contributed by atoms with Crippen molar-refractivity contribution in [2.45, 2.75) is 24.2 Å². The van der Waals surface area contributed by atoms with Crippen molar-refractivity contribution >= 4 is 39.6 Å². The van der Waals surface area contributed by atoms with Gasteiger partial charge in [0.05, 0.1) is 0 Å². The molecule has 0 amide bonds. The van der Waals surface area contributed by atoms with Gasteiger partial charge in [-0.05, 0) is 0 Å². The molecule has 0 unspecified atom stereocenters. The topological polar surface area (TPSA) is 40.8 Å². The van der Waals surface area contributed by atoms with Crippen LogP contribution in [0.4, 0.5) is 0 Å². The van der Waals surface area contributed by atoms with E-state index >= 15 is 0 Å². The standard InChI is InChI=1S/C35H31GeN2O/c1-23-13-19-28-29-20-18-27(22-37)32(26-16-14-25(15-17-26)24-10-7-6-8-11-24)35(29)39-34(28)31(23)33-30(36(2,3)4)12-9-21-38(33)5/h6-21H,1-5H3/q+1. The van der Waals surface area contributed by atoms with E-state index < -0.39 is 13.3 Å². The predicted octanol–water partition coefficient (Wildman–Crippen LogP) is 8.14. The van der Waals surface area contributed by atoms with Crippen molar-refractivity contribution < 1.29 is 8.98 Å². The monoisotopic (exact) mass is 569 g/mol. The minimum absolute atomic E-state index is 0.614. The number of furan rings is 1. The van der Waals surface area contributed by atoms with Crippen molar-refractivity contribution in [1.29, 1.82) is 5.26 Å². The zero-order valence-corrected chi connectivity index (χ0v) is 25.1. The van der Waals surface area contributed by atoms with Crippen molar-refractivity contribution in [3.63, 3.8) is 0 Å². The van der Waals surface area contributed by atoms with Crippen LogP contribution in [-0.2, 0) is 7.05 Å². The van der Waals surface area contributed by atoms with Crippen LogP contribution in [0.15, 0.2) is 102 Å². The Bertz CT molecular complexity index is 1900. The third-order valence-electron chi connectivity index (χ3n) is 7.64. The molecular formula is C35H31GeN2O+. The maximum absolute atomic E-state index is 10.1. The first-order chi connectivity index (χ1) is 18.8. The maximum atomic E-state index is 10.1. The summed E-state index contributed by atoms with van der Waals surface area (Å²) in [7, 11) is 2.13. The molecule has 190 valence electrons. The third-order valence-corrected chi connectivity index (χ3v) is 11.9. The zero-order valence-electron chi connectivity index (χ0n) is 23.0. The fraction of sp³-hybridized carbons (Fsp3) is 0.143. The second-order valence-electron chi connectivity index (χ2n) is 11.3. The summed E-state index contributed by atoms with van der Waals surface area (Å²) in [6.07, 6.45) is 2.13. The van der Waals surface area contributed by atoms with E-state index in [-0.39, 0.29) is 0 Å². The Morgan fingerprint density at radius 2 is 1.31 bits per heavy atom. The number of benzene rings is 4. The van der Waals surface area contributed by atoms with Crippen molar-refractivity contribution in [3.8, 4) is 39.6 Å². The van der Waals surface area contributed by atoms with Gasteiger partial charge in [0.25, 0.3) is 0 Å². The molecule has 0 fully saturated rings.